The average Bonchev–Trinajstić information content (AvgIpc) is 2.32. The van der Waals surface area contributed by atoms with E-state index in [0.717, 1.165) is 5.56 Å². The number of carbonyl (C=O) groups is 1. The Bertz CT molecular complexity index is 374. The number of alkyl carbamates (subject to hydrolysis) is 1. The fraction of sp³-hybridized carbons (Fsp3) is 0.429. The highest BCUT2D eigenvalue weighted by molar-refractivity contribution is 5.68. The first-order valence-corrected chi connectivity index (χ1v) is 6.17. The fourth-order valence-electron chi connectivity index (χ4n) is 1.25. The zero-order valence-corrected chi connectivity index (χ0v) is 11.6. The van der Waals surface area contributed by atoms with Gasteiger partial charge in [-0.3, -0.25) is 4.84 Å². The summed E-state index contributed by atoms with van der Waals surface area (Å²) in [6.45, 7) is 7.85. The van der Waals surface area contributed by atoms with Crippen LogP contribution in [0, 0.1) is 6.54 Å². The molecular formula is C14H21N2O3. The Morgan fingerprint density at radius 3 is 2.58 bits per heavy atom. The number of carbonyl (C=O) groups excluding carboxylic acids is 1. The third-order valence-electron chi connectivity index (χ3n) is 1.99. The largest absolute Gasteiger partial charge is 0.444 e. The smallest absolute Gasteiger partial charge is 0.407 e. The molecule has 0 aromatic heterocycles. The number of benzene rings is 1. The number of hydrogen-bond acceptors (Lipinski definition) is 4. The normalized spacial score (nSPS) is 11.1. The van der Waals surface area contributed by atoms with Gasteiger partial charge < -0.3 is 10.1 Å². The van der Waals surface area contributed by atoms with Gasteiger partial charge in [-0.05, 0) is 26.3 Å². The number of nitrogens with one attached hydrogen (secondary N) is 2. The van der Waals surface area contributed by atoms with Crippen LogP contribution in [0.5, 0.6) is 0 Å². The van der Waals surface area contributed by atoms with Crippen LogP contribution in [0.15, 0.2) is 30.3 Å². The van der Waals surface area contributed by atoms with Crippen molar-refractivity contribution in [3.63, 3.8) is 0 Å². The molecule has 19 heavy (non-hydrogen) atoms. The molecule has 105 valence electrons. The van der Waals surface area contributed by atoms with Crippen molar-refractivity contribution in [2.45, 2.75) is 33.0 Å². The summed E-state index contributed by atoms with van der Waals surface area (Å²) in [5.74, 6) is 0. The van der Waals surface area contributed by atoms with Crippen molar-refractivity contribution in [1.29, 1.82) is 0 Å². The molecule has 0 aliphatic heterocycles. The summed E-state index contributed by atoms with van der Waals surface area (Å²) < 4.78 is 5.06. The highest BCUT2D eigenvalue weighted by Gasteiger charge is 2.15. The third kappa shape index (κ3) is 8.18. The van der Waals surface area contributed by atoms with Gasteiger partial charge in [0.1, 0.15) is 5.60 Å². The van der Waals surface area contributed by atoms with E-state index in [1.165, 1.54) is 0 Å². The molecule has 0 aliphatic carbocycles. The van der Waals surface area contributed by atoms with Crippen LogP contribution in [0.25, 0.3) is 0 Å². The molecule has 1 amide bonds. The lowest BCUT2D eigenvalue weighted by molar-refractivity contribution is 0.0306. The Balaban J connectivity index is 2.01. The number of ether oxygens (including phenoxy) is 1. The van der Waals surface area contributed by atoms with Crippen LogP contribution in [0.4, 0.5) is 4.79 Å². The minimum Gasteiger partial charge on any atom is -0.444 e. The van der Waals surface area contributed by atoms with Crippen molar-refractivity contribution in [2.75, 3.05) is 6.54 Å². The molecule has 0 saturated heterocycles. The van der Waals surface area contributed by atoms with Crippen LogP contribution in [0.1, 0.15) is 26.3 Å². The van der Waals surface area contributed by atoms with E-state index in [1.807, 2.05) is 51.1 Å². The maximum Gasteiger partial charge on any atom is 0.407 e. The van der Waals surface area contributed by atoms with Gasteiger partial charge in [0.05, 0.1) is 13.2 Å². The van der Waals surface area contributed by atoms with E-state index < -0.39 is 11.7 Å². The molecule has 0 bridgehead atoms. The third-order valence-corrected chi connectivity index (χ3v) is 1.99. The lowest BCUT2D eigenvalue weighted by Gasteiger charge is -2.19. The molecule has 0 saturated carbocycles. The molecule has 0 atom stereocenters. The summed E-state index contributed by atoms with van der Waals surface area (Å²) in [7, 11) is 0. The highest BCUT2D eigenvalue weighted by Crippen LogP contribution is 2.06. The molecule has 0 unspecified atom stereocenters. The second-order valence-corrected chi connectivity index (χ2v) is 4.97. The number of hydrogen-bond donors (Lipinski definition) is 2. The first kappa shape index (κ1) is 15.5. The van der Waals surface area contributed by atoms with E-state index in [2.05, 4.69) is 10.8 Å². The molecule has 1 aromatic rings. The van der Waals surface area contributed by atoms with Crippen LogP contribution < -0.4 is 10.8 Å². The van der Waals surface area contributed by atoms with Crippen LogP contribution in [0.2, 0.25) is 0 Å². The molecule has 1 aromatic carbocycles. The van der Waals surface area contributed by atoms with Gasteiger partial charge in [0, 0.05) is 6.54 Å². The summed E-state index contributed by atoms with van der Waals surface area (Å²) in [6.07, 6.45) is -0.475. The molecule has 5 heteroatoms. The second-order valence-electron chi connectivity index (χ2n) is 4.97. The Morgan fingerprint density at radius 1 is 1.26 bits per heavy atom. The molecule has 0 spiro atoms. The van der Waals surface area contributed by atoms with Crippen molar-refractivity contribution in [2.24, 2.45) is 0 Å². The van der Waals surface area contributed by atoms with E-state index in [4.69, 9.17) is 9.57 Å². The standard InChI is InChI=1S/C14H21N2O3/c1-14(2,3)19-13(17)15-9-10-16-18-11-12-7-5-4-6-8-12/h4-9,16H,10-11H2,1-3H3,(H,15,17). The van der Waals surface area contributed by atoms with Crippen molar-refractivity contribution in [1.82, 2.24) is 10.8 Å². The predicted molar refractivity (Wildman–Crippen MR) is 72.9 cm³/mol. The monoisotopic (exact) mass is 265 g/mol. The summed E-state index contributed by atoms with van der Waals surface area (Å²) in [6, 6.07) is 9.81. The molecule has 0 fully saturated rings. The second kappa shape index (κ2) is 7.76. The minimum atomic E-state index is -0.491. The number of hydroxylamine groups is 1. The van der Waals surface area contributed by atoms with Gasteiger partial charge in [0.15, 0.2) is 0 Å². The molecule has 5 nitrogen and oxygen atoms in total. The lowest BCUT2D eigenvalue weighted by atomic mass is 10.2. The maximum atomic E-state index is 11.3. The molecule has 0 heterocycles. The number of rotatable bonds is 6. The topological polar surface area (TPSA) is 59.6 Å². The highest BCUT2D eigenvalue weighted by atomic mass is 16.6. The maximum absolute atomic E-state index is 11.3. The van der Waals surface area contributed by atoms with Gasteiger partial charge >= 0.3 is 6.09 Å². The van der Waals surface area contributed by atoms with Crippen LogP contribution in [-0.4, -0.2) is 18.2 Å². The summed E-state index contributed by atoms with van der Waals surface area (Å²) in [5, 5.41) is 2.51. The molecular weight excluding hydrogens is 244 g/mol. The molecule has 0 aliphatic rings. The van der Waals surface area contributed by atoms with E-state index in [1.54, 1.807) is 6.54 Å². The van der Waals surface area contributed by atoms with Crippen molar-refractivity contribution >= 4 is 6.09 Å². The molecule has 1 rings (SSSR count). The first-order valence-electron chi connectivity index (χ1n) is 6.17. The van der Waals surface area contributed by atoms with E-state index in [9.17, 15) is 4.79 Å². The molecule has 1 radical (unpaired) electrons. The van der Waals surface area contributed by atoms with Crippen molar-refractivity contribution in [3.05, 3.63) is 42.4 Å². The average molecular weight is 265 g/mol. The first-order chi connectivity index (χ1) is 8.97. The Morgan fingerprint density at radius 2 is 1.95 bits per heavy atom. The summed E-state index contributed by atoms with van der Waals surface area (Å²) >= 11 is 0. The minimum absolute atomic E-state index is 0.395. The zero-order chi connectivity index (χ0) is 14.1. The van der Waals surface area contributed by atoms with Gasteiger partial charge in [0.25, 0.3) is 0 Å². The SMILES string of the molecule is CC(C)(C)OC(=O)N[CH]CNOCc1ccccc1. The van der Waals surface area contributed by atoms with Gasteiger partial charge in [-0.1, -0.05) is 30.3 Å². The predicted octanol–water partition coefficient (Wildman–Crippen LogP) is 2.39. The van der Waals surface area contributed by atoms with E-state index in [0.29, 0.717) is 13.2 Å². The van der Waals surface area contributed by atoms with Crippen molar-refractivity contribution in [3.8, 4) is 0 Å². The lowest BCUT2D eigenvalue weighted by Crippen LogP contribution is -2.33. The summed E-state index contributed by atoms with van der Waals surface area (Å²) in [4.78, 5) is 16.5. The van der Waals surface area contributed by atoms with Crippen LogP contribution >= 0.6 is 0 Å². The van der Waals surface area contributed by atoms with Gasteiger partial charge in [-0.2, -0.15) is 0 Å². The van der Waals surface area contributed by atoms with E-state index >= 15 is 0 Å². The van der Waals surface area contributed by atoms with Gasteiger partial charge in [0.2, 0.25) is 0 Å². The van der Waals surface area contributed by atoms with Gasteiger partial charge in [-0.15, -0.1) is 0 Å². The quantitative estimate of drug-likeness (QED) is 0.612. The van der Waals surface area contributed by atoms with Crippen LogP contribution in [-0.2, 0) is 16.2 Å². The van der Waals surface area contributed by atoms with Crippen molar-refractivity contribution < 1.29 is 14.4 Å². The zero-order valence-electron chi connectivity index (χ0n) is 11.6. The Hall–Kier alpha value is -1.59. The molecule has 2 N–H and O–H groups in total. The van der Waals surface area contributed by atoms with Crippen LogP contribution in [0.3, 0.4) is 0 Å². The van der Waals surface area contributed by atoms with E-state index in [-0.39, 0.29) is 0 Å². The number of amides is 1. The van der Waals surface area contributed by atoms with Gasteiger partial charge in [-0.25, -0.2) is 10.3 Å². The Kier molecular flexibility index (Phi) is 6.32. The summed E-state index contributed by atoms with van der Waals surface area (Å²) in [5.41, 5.74) is 3.31. The fourth-order valence-corrected chi connectivity index (χ4v) is 1.25. The Labute approximate surface area is 114 Å².